The smallest absolute Gasteiger partial charge is 0.396 e. The van der Waals surface area contributed by atoms with E-state index < -0.39 is 23.0 Å². The molecular formula is C24H26F3N7O3. The van der Waals surface area contributed by atoms with Gasteiger partial charge in [-0.15, -0.1) is 0 Å². The first-order valence-corrected chi connectivity index (χ1v) is 11.5. The predicted molar refractivity (Wildman–Crippen MR) is 132 cm³/mol. The van der Waals surface area contributed by atoms with Crippen LogP contribution in [0.5, 0.6) is 0 Å². The minimum Gasteiger partial charge on any atom is -0.396 e. The first-order chi connectivity index (χ1) is 17.7. The summed E-state index contributed by atoms with van der Waals surface area (Å²) >= 11 is 0. The van der Waals surface area contributed by atoms with E-state index in [1.54, 1.807) is 18.3 Å². The van der Waals surface area contributed by atoms with E-state index in [4.69, 9.17) is 0 Å². The number of aromatic amines is 1. The van der Waals surface area contributed by atoms with E-state index in [9.17, 15) is 27.9 Å². The number of aromatic nitrogens is 3. The van der Waals surface area contributed by atoms with Gasteiger partial charge < -0.3 is 20.3 Å². The highest BCUT2D eigenvalue weighted by Crippen LogP contribution is 2.36. The number of alkyl halides is 3. The highest BCUT2D eigenvalue weighted by molar-refractivity contribution is 5.92. The van der Waals surface area contributed by atoms with Crippen LogP contribution >= 0.6 is 0 Å². The van der Waals surface area contributed by atoms with Gasteiger partial charge in [0.25, 0.3) is 11.5 Å². The second-order valence-corrected chi connectivity index (χ2v) is 8.64. The monoisotopic (exact) mass is 517 g/mol. The molecule has 13 heteroatoms. The van der Waals surface area contributed by atoms with Gasteiger partial charge in [0.1, 0.15) is 22.5 Å². The zero-order valence-corrected chi connectivity index (χ0v) is 20.0. The third kappa shape index (κ3) is 5.47. The summed E-state index contributed by atoms with van der Waals surface area (Å²) in [6.45, 7) is 5.45. The molecule has 10 nitrogen and oxygen atoms in total. The van der Waals surface area contributed by atoms with Gasteiger partial charge in [0.15, 0.2) is 0 Å². The minimum absolute atomic E-state index is 0.0270. The number of halogens is 3. The fraction of sp³-hybridized carbons (Fsp3) is 0.375. The topological polar surface area (TPSA) is 127 Å². The number of rotatable bonds is 7. The van der Waals surface area contributed by atoms with Gasteiger partial charge in [0.05, 0.1) is 17.4 Å². The first kappa shape index (κ1) is 26.2. The van der Waals surface area contributed by atoms with Gasteiger partial charge in [-0.2, -0.15) is 13.2 Å². The number of hydrogen-bond acceptors (Lipinski definition) is 8. The van der Waals surface area contributed by atoms with Crippen molar-refractivity contribution in [3.05, 3.63) is 57.8 Å². The van der Waals surface area contributed by atoms with Crippen molar-refractivity contribution in [1.29, 1.82) is 0 Å². The largest absolute Gasteiger partial charge is 0.423 e. The SMILES string of the molecule is C=Nc1c(C(F)(F)F)c(=O)[nH]c2cc(CN3CCN(c4ccc(C(=O)NC)nc4)CC3CCO)cnc12. The van der Waals surface area contributed by atoms with Crippen LogP contribution in [0.4, 0.5) is 24.5 Å². The summed E-state index contributed by atoms with van der Waals surface area (Å²) in [6, 6.07) is 5.03. The molecule has 1 amide bonds. The number of pyridine rings is 3. The Labute approximate surface area is 209 Å². The van der Waals surface area contributed by atoms with Gasteiger partial charge in [-0.1, -0.05) is 0 Å². The molecule has 4 heterocycles. The number of anilines is 1. The van der Waals surface area contributed by atoms with Crippen molar-refractivity contribution in [2.75, 3.05) is 38.2 Å². The minimum atomic E-state index is -4.89. The molecule has 1 saturated heterocycles. The molecule has 1 unspecified atom stereocenters. The van der Waals surface area contributed by atoms with Crippen molar-refractivity contribution in [3.8, 4) is 0 Å². The molecule has 3 aromatic rings. The van der Waals surface area contributed by atoms with Crippen LogP contribution < -0.4 is 15.8 Å². The van der Waals surface area contributed by atoms with Gasteiger partial charge in [0, 0.05) is 52.1 Å². The maximum atomic E-state index is 13.4. The number of carbonyl (C=O) groups is 1. The highest BCUT2D eigenvalue weighted by Gasteiger charge is 2.38. The van der Waals surface area contributed by atoms with Gasteiger partial charge in [-0.05, 0) is 36.9 Å². The van der Waals surface area contributed by atoms with Crippen molar-refractivity contribution < 1.29 is 23.1 Å². The molecule has 1 fully saturated rings. The highest BCUT2D eigenvalue weighted by atomic mass is 19.4. The molecule has 0 spiro atoms. The molecule has 0 aromatic carbocycles. The van der Waals surface area contributed by atoms with Crippen molar-refractivity contribution in [1.82, 2.24) is 25.2 Å². The lowest BCUT2D eigenvalue weighted by Crippen LogP contribution is -2.53. The number of nitrogens with zero attached hydrogens (tertiary/aromatic N) is 5. The van der Waals surface area contributed by atoms with Gasteiger partial charge in [0.2, 0.25) is 0 Å². The zero-order valence-electron chi connectivity index (χ0n) is 20.0. The van der Waals surface area contributed by atoms with Crippen LogP contribution in [0.25, 0.3) is 11.0 Å². The normalized spacial score (nSPS) is 16.7. The third-order valence-corrected chi connectivity index (χ3v) is 6.35. The second-order valence-electron chi connectivity index (χ2n) is 8.64. The maximum Gasteiger partial charge on any atom is 0.423 e. The number of carbonyl (C=O) groups excluding carboxylic acids is 1. The summed E-state index contributed by atoms with van der Waals surface area (Å²) < 4.78 is 40.1. The number of hydrogen-bond donors (Lipinski definition) is 3. The van der Waals surface area contributed by atoms with Crippen LogP contribution in [0.1, 0.15) is 28.0 Å². The molecule has 0 aliphatic carbocycles. The Hall–Kier alpha value is -3.84. The molecule has 0 saturated carbocycles. The first-order valence-electron chi connectivity index (χ1n) is 11.5. The Kier molecular flexibility index (Phi) is 7.55. The van der Waals surface area contributed by atoms with Crippen molar-refractivity contribution in [3.63, 3.8) is 0 Å². The Balaban J connectivity index is 1.55. The number of aliphatic imine (C=N–C) groups is 1. The van der Waals surface area contributed by atoms with E-state index >= 15 is 0 Å². The number of H-pyrrole nitrogens is 1. The summed E-state index contributed by atoms with van der Waals surface area (Å²) in [6.07, 6.45) is -1.30. The molecule has 1 aliphatic rings. The Morgan fingerprint density at radius 1 is 1.30 bits per heavy atom. The summed E-state index contributed by atoms with van der Waals surface area (Å²) in [5, 5.41) is 12.2. The molecular weight excluding hydrogens is 491 g/mol. The van der Waals surface area contributed by atoms with E-state index in [0.29, 0.717) is 43.9 Å². The average Bonchev–Trinajstić information content (AvgIpc) is 2.87. The lowest BCUT2D eigenvalue weighted by atomic mass is 10.1. The van der Waals surface area contributed by atoms with Crippen LogP contribution in [-0.4, -0.2) is 76.9 Å². The fourth-order valence-corrected chi connectivity index (χ4v) is 4.53. The number of nitrogens with one attached hydrogen (secondary N) is 2. The Morgan fingerprint density at radius 3 is 2.70 bits per heavy atom. The number of fused-ring (bicyclic) bond motifs is 1. The average molecular weight is 518 g/mol. The summed E-state index contributed by atoms with van der Waals surface area (Å²) in [7, 11) is 1.54. The zero-order chi connectivity index (χ0) is 26.7. The van der Waals surface area contributed by atoms with Crippen LogP contribution in [-0.2, 0) is 12.7 Å². The third-order valence-electron chi connectivity index (χ3n) is 6.35. The van der Waals surface area contributed by atoms with Crippen molar-refractivity contribution in [2.45, 2.75) is 25.2 Å². The quantitative estimate of drug-likeness (QED) is 0.410. The second kappa shape index (κ2) is 10.6. The molecule has 1 aliphatic heterocycles. The molecule has 3 aromatic heterocycles. The van der Waals surface area contributed by atoms with Gasteiger partial charge in [-0.25, -0.2) is 4.98 Å². The van der Waals surface area contributed by atoms with E-state index in [1.165, 1.54) is 13.2 Å². The predicted octanol–water partition coefficient (Wildman–Crippen LogP) is 2.10. The van der Waals surface area contributed by atoms with E-state index in [0.717, 1.165) is 5.69 Å². The van der Waals surface area contributed by atoms with Crippen molar-refractivity contribution >= 4 is 35.0 Å². The number of aliphatic hydroxyl groups excluding tert-OH is 1. The van der Waals surface area contributed by atoms with Gasteiger partial charge in [-0.3, -0.25) is 24.5 Å². The molecule has 1 atom stereocenters. The summed E-state index contributed by atoms with van der Waals surface area (Å²) in [5.74, 6) is -0.273. The lowest BCUT2D eigenvalue weighted by Gasteiger charge is -2.42. The van der Waals surface area contributed by atoms with Crippen molar-refractivity contribution in [2.24, 2.45) is 4.99 Å². The maximum absolute atomic E-state index is 13.4. The van der Waals surface area contributed by atoms with E-state index in [-0.39, 0.29) is 29.6 Å². The molecule has 37 heavy (non-hydrogen) atoms. The standard InChI is InChI=1S/C24H26F3N7O3/c1-28-21-19(24(25,26)27)23(37)32-18-9-14(10-31-20(18)21)12-33-6-7-34(13-16(33)5-8-35)15-3-4-17(30-11-15)22(36)29-2/h3-4,9-11,16,35H,1,5-8,12-13H2,2H3,(H,29,36)(H,32,37). The fourth-order valence-electron chi connectivity index (χ4n) is 4.53. The lowest BCUT2D eigenvalue weighted by molar-refractivity contribution is -0.138. The number of aliphatic hydroxyl groups is 1. The Morgan fingerprint density at radius 2 is 2.08 bits per heavy atom. The van der Waals surface area contributed by atoms with Crippen LogP contribution in [0.3, 0.4) is 0 Å². The molecule has 4 rings (SSSR count). The van der Waals surface area contributed by atoms with Crippen LogP contribution in [0.2, 0.25) is 0 Å². The summed E-state index contributed by atoms with van der Waals surface area (Å²) in [4.78, 5) is 42.3. The van der Waals surface area contributed by atoms with E-state index in [1.807, 2.05) is 6.07 Å². The Bertz CT molecular complexity index is 1360. The summed E-state index contributed by atoms with van der Waals surface area (Å²) in [5.41, 5.74) is -1.42. The molecule has 0 bridgehead atoms. The van der Waals surface area contributed by atoms with Gasteiger partial charge >= 0.3 is 6.18 Å². The van der Waals surface area contributed by atoms with Crippen LogP contribution in [0.15, 0.2) is 40.4 Å². The number of piperazine rings is 1. The van der Waals surface area contributed by atoms with Crippen LogP contribution in [0, 0.1) is 0 Å². The van der Waals surface area contributed by atoms with E-state index in [2.05, 4.69) is 41.8 Å². The number of amides is 1. The molecule has 196 valence electrons. The molecule has 3 N–H and O–H groups in total. The molecule has 0 radical (unpaired) electrons.